The van der Waals surface area contributed by atoms with Gasteiger partial charge in [0.15, 0.2) is 0 Å². The minimum atomic E-state index is -3.46. The topological polar surface area (TPSA) is 97.1 Å². The van der Waals surface area contributed by atoms with Gasteiger partial charge in [0.05, 0.1) is 4.90 Å². The molecule has 6 nitrogen and oxygen atoms in total. The Bertz CT molecular complexity index is 503. The number of nitrogens with two attached hydrogens (primary N) is 1. The lowest BCUT2D eigenvalue weighted by molar-refractivity contribution is 0.576. The molecule has 0 bridgehead atoms. The highest BCUT2D eigenvalue weighted by Crippen LogP contribution is 2.34. The fourth-order valence-electron chi connectivity index (χ4n) is 1.77. The molecule has 1 aromatic rings. The second kappa shape index (κ2) is 4.59. The van der Waals surface area contributed by atoms with Crippen molar-refractivity contribution in [2.45, 2.75) is 30.7 Å². The van der Waals surface area contributed by atoms with Crippen LogP contribution in [0.25, 0.3) is 0 Å². The van der Waals surface area contributed by atoms with E-state index in [9.17, 15) is 8.42 Å². The third kappa shape index (κ3) is 2.74. The molecule has 1 aliphatic rings. The number of hydrogen-bond donors (Lipinski definition) is 3. The molecule has 0 aromatic carbocycles. The summed E-state index contributed by atoms with van der Waals surface area (Å²) in [4.78, 5) is 4.05. The molecule has 2 unspecified atom stereocenters. The zero-order valence-corrected chi connectivity index (χ0v) is 10.4. The van der Waals surface area contributed by atoms with Crippen LogP contribution in [0.3, 0.4) is 0 Å². The first-order valence-electron chi connectivity index (χ1n) is 5.52. The minimum absolute atomic E-state index is 0.0763. The van der Waals surface area contributed by atoms with Gasteiger partial charge in [-0.3, -0.25) is 0 Å². The molecule has 17 heavy (non-hydrogen) atoms. The van der Waals surface area contributed by atoms with Crippen LogP contribution in [0, 0.1) is 5.92 Å². The molecule has 1 heterocycles. The summed E-state index contributed by atoms with van der Waals surface area (Å²) in [5.74, 6) is 5.99. The molecule has 1 fully saturated rings. The number of pyridine rings is 1. The molecule has 7 heteroatoms. The molecule has 4 N–H and O–H groups in total. The van der Waals surface area contributed by atoms with Crippen molar-refractivity contribution in [1.29, 1.82) is 0 Å². The van der Waals surface area contributed by atoms with Crippen LogP contribution in [0.15, 0.2) is 23.2 Å². The number of sulfonamides is 1. The standard InChI is InChI=1S/C10H16N4O2S/c1-2-7-5-9(7)14-17(15,16)8-3-4-12-10(6-8)13-11/h3-4,6-7,9,14H,2,5,11H2,1H3,(H,12,13). The van der Waals surface area contributed by atoms with Crippen LogP contribution in [0.2, 0.25) is 0 Å². The lowest BCUT2D eigenvalue weighted by Gasteiger charge is -2.07. The smallest absolute Gasteiger partial charge is 0.241 e. The highest BCUT2D eigenvalue weighted by atomic mass is 32.2. The van der Waals surface area contributed by atoms with E-state index in [4.69, 9.17) is 5.84 Å². The summed E-state index contributed by atoms with van der Waals surface area (Å²) in [7, 11) is -3.46. The normalized spacial score (nSPS) is 23.4. The SMILES string of the molecule is CCC1CC1NS(=O)(=O)c1ccnc(NN)c1. The van der Waals surface area contributed by atoms with Gasteiger partial charge in [-0.15, -0.1) is 0 Å². The fraction of sp³-hybridized carbons (Fsp3) is 0.500. The number of hydrogen-bond acceptors (Lipinski definition) is 5. The van der Waals surface area contributed by atoms with E-state index in [-0.39, 0.29) is 10.9 Å². The first-order chi connectivity index (χ1) is 8.06. The van der Waals surface area contributed by atoms with Crippen LogP contribution in [-0.2, 0) is 10.0 Å². The first-order valence-corrected chi connectivity index (χ1v) is 7.00. The molecule has 0 aliphatic heterocycles. The monoisotopic (exact) mass is 256 g/mol. The van der Waals surface area contributed by atoms with Crippen molar-refractivity contribution in [2.24, 2.45) is 11.8 Å². The average molecular weight is 256 g/mol. The molecular weight excluding hydrogens is 240 g/mol. The van der Waals surface area contributed by atoms with E-state index in [1.54, 1.807) is 0 Å². The summed E-state index contributed by atoms with van der Waals surface area (Å²) in [5, 5.41) is 0. The van der Waals surface area contributed by atoms with Gasteiger partial charge in [0.1, 0.15) is 5.82 Å². The second-order valence-electron chi connectivity index (χ2n) is 4.15. The van der Waals surface area contributed by atoms with Crippen LogP contribution in [0.1, 0.15) is 19.8 Å². The van der Waals surface area contributed by atoms with Crippen LogP contribution in [0.4, 0.5) is 5.82 Å². The molecule has 1 aromatic heterocycles. The third-order valence-corrected chi connectivity index (χ3v) is 4.43. The number of hydrazine groups is 1. The molecule has 94 valence electrons. The predicted octanol–water partition coefficient (Wildman–Crippen LogP) is 0.444. The van der Waals surface area contributed by atoms with Gasteiger partial charge in [0, 0.05) is 18.3 Å². The molecule has 1 saturated carbocycles. The number of rotatable bonds is 5. The Morgan fingerprint density at radius 1 is 1.59 bits per heavy atom. The van der Waals surface area contributed by atoms with Crippen LogP contribution in [-0.4, -0.2) is 19.4 Å². The van der Waals surface area contributed by atoms with Crippen molar-refractivity contribution in [3.8, 4) is 0 Å². The van der Waals surface area contributed by atoms with Gasteiger partial charge in [-0.05, 0) is 18.4 Å². The van der Waals surface area contributed by atoms with Crippen molar-refractivity contribution >= 4 is 15.8 Å². The minimum Gasteiger partial charge on any atom is -0.308 e. The Morgan fingerprint density at radius 3 is 2.94 bits per heavy atom. The second-order valence-corrected chi connectivity index (χ2v) is 5.87. The molecule has 1 aliphatic carbocycles. The van der Waals surface area contributed by atoms with Gasteiger partial charge in [-0.25, -0.2) is 24.0 Å². The van der Waals surface area contributed by atoms with E-state index in [1.807, 2.05) is 0 Å². The van der Waals surface area contributed by atoms with E-state index in [2.05, 4.69) is 22.1 Å². The maximum atomic E-state index is 12.0. The van der Waals surface area contributed by atoms with Crippen LogP contribution >= 0.6 is 0 Å². The van der Waals surface area contributed by atoms with E-state index in [1.165, 1.54) is 18.3 Å². The summed E-state index contributed by atoms with van der Waals surface area (Å²) in [6.07, 6.45) is 3.33. The molecule has 0 saturated heterocycles. The van der Waals surface area contributed by atoms with Gasteiger partial charge in [-0.2, -0.15) is 0 Å². The van der Waals surface area contributed by atoms with Gasteiger partial charge in [0.2, 0.25) is 10.0 Å². The zero-order valence-electron chi connectivity index (χ0n) is 9.55. The lowest BCUT2D eigenvalue weighted by atomic mass is 10.3. The number of anilines is 1. The average Bonchev–Trinajstić information content (AvgIpc) is 3.07. The highest BCUT2D eigenvalue weighted by molar-refractivity contribution is 7.89. The van der Waals surface area contributed by atoms with Crippen molar-refractivity contribution in [1.82, 2.24) is 9.71 Å². The van der Waals surface area contributed by atoms with Crippen LogP contribution < -0.4 is 16.0 Å². The van der Waals surface area contributed by atoms with E-state index in [0.29, 0.717) is 11.7 Å². The van der Waals surface area contributed by atoms with E-state index < -0.39 is 10.0 Å². The third-order valence-electron chi connectivity index (χ3n) is 2.94. The summed E-state index contributed by atoms with van der Waals surface area (Å²) in [6.45, 7) is 2.06. The summed E-state index contributed by atoms with van der Waals surface area (Å²) >= 11 is 0. The fourth-order valence-corrected chi connectivity index (χ4v) is 3.10. The lowest BCUT2D eigenvalue weighted by Crippen LogP contribution is -2.27. The molecule has 0 spiro atoms. The molecule has 0 amide bonds. The van der Waals surface area contributed by atoms with E-state index in [0.717, 1.165) is 12.8 Å². The van der Waals surface area contributed by atoms with Crippen molar-refractivity contribution in [3.63, 3.8) is 0 Å². The molecular formula is C10H16N4O2S. The van der Waals surface area contributed by atoms with Gasteiger partial charge < -0.3 is 5.43 Å². The number of aromatic nitrogens is 1. The highest BCUT2D eigenvalue weighted by Gasteiger charge is 2.38. The quantitative estimate of drug-likeness (QED) is 0.525. The predicted molar refractivity (Wildman–Crippen MR) is 64.6 cm³/mol. The van der Waals surface area contributed by atoms with Gasteiger partial charge >= 0.3 is 0 Å². The summed E-state index contributed by atoms with van der Waals surface area (Å²) < 4.78 is 26.7. The number of nitrogens with one attached hydrogen (secondary N) is 2. The largest absolute Gasteiger partial charge is 0.308 e. The molecule has 0 radical (unpaired) electrons. The maximum Gasteiger partial charge on any atom is 0.241 e. The van der Waals surface area contributed by atoms with Crippen molar-refractivity contribution in [3.05, 3.63) is 18.3 Å². The van der Waals surface area contributed by atoms with Gasteiger partial charge in [-0.1, -0.05) is 13.3 Å². The Labute approximate surface area is 101 Å². The number of nitrogen functional groups attached to an aromatic ring is 1. The Kier molecular flexibility index (Phi) is 3.32. The summed E-state index contributed by atoms with van der Waals surface area (Å²) in [6, 6.07) is 2.94. The van der Waals surface area contributed by atoms with Crippen LogP contribution in [0.5, 0.6) is 0 Å². The maximum absolute atomic E-state index is 12.0. The Hall–Kier alpha value is -1.18. The van der Waals surface area contributed by atoms with Crippen molar-refractivity contribution in [2.75, 3.05) is 5.43 Å². The first kappa shape index (κ1) is 12.3. The molecule has 2 atom stereocenters. The van der Waals surface area contributed by atoms with Crippen molar-refractivity contribution < 1.29 is 8.42 Å². The van der Waals surface area contributed by atoms with Gasteiger partial charge in [0.25, 0.3) is 0 Å². The Balaban J connectivity index is 2.14. The number of nitrogens with zero attached hydrogens (tertiary/aromatic N) is 1. The van der Waals surface area contributed by atoms with E-state index >= 15 is 0 Å². The summed E-state index contributed by atoms with van der Waals surface area (Å²) in [5.41, 5.74) is 2.33. The molecule has 2 rings (SSSR count). The Morgan fingerprint density at radius 2 is 2.35 bits per heavy atom. The zero-order chi connectivity index (χ0) is 12.5.